The standard InChI is InChI=1S/C35H32Cl3F5N8O4/c1-33(2,3)16-34(20-7-4-17(5-8-20)19-13-44-50(14-19)30(39)40)29(53)51(31(49-34)48-28(52)35(41,42)43)24(15-55-32(54)45-21-9-10-21)18-6-11-23(36)22(12-18)27-46-25(37)26(38)47-27/h4-8,11-14,21,24,30H,9-10,15-16H2,1-3H3,(H,45,54)(H,46,47)(H,48,49,52)/t24-,34-/m1/s1. The second-order valence-corrected chi connectivity index (χ2v) is 15.4. The van der Waals surface area contributed by atoms with Crippen molar-refractivity contribution in [2.45, 2.75) is 70.4 Å². The number of imidazole rings is 1. The van der Waals surface area contributed by atoms with Crippen molar-refractivity contribution in [2.75, 3.05) is 6.61 Å². The van der Waals surface area contributed by atoms with E-state index in [4.69, 9.17) is 39.5 Å². The zero-order valence-electron chi connectivity index (χ0n) is 29.1. The molecule has 0 unspecified atom stereocenters. The first-order chi connectivity index (χ1) is 25.8. The van der Waals surface area contributed by atoms with Gasteiger partial charge in [0.1, 0.15) is 23.1 Å². The van der Waals surface area contributed by atoms with Crippen LogP contribution in [0.4, 0.5) is 26.7 Å². The number of nitrogens with one attached hydrogen (secondary N) is 3. The third kappa shape index (κ3) is 8.73. The molecular formula is C35H32Cl3F5N8O4. The first-order valence-electron chi connectivity index (χ1n) is 16.6. The molecular weight excluding hydrogens is 798 g/mol. The summed E-state index contributed by atoms with van der Waals surface area (Å²) >= 11 is 18.7. The third-order valence-corrected chi connectivity index (χ3v) is 9.70. The van der Waals surface area contributed by atoms with Crippen molar-refractivity contribution in [1.29, 1.82) is 0 Å². The van der Waals surface area contributed by atoms with Gasteiger partial charge in [-0.05, 0) is 53.5 Å². The number of benzene rings is 2. The Kier molecular flexibility index (Phi) is 10.9. The van der Waals surface area contributed by atoms with Crippen molar-refractivity contribution in [1.82, 2.24) is 35.3 Å². The molecule has 2 aliphatic rings. The number of carbonyl (C=O) groups excluding carboxylic acids is 3. The van der Waals surface area contributed by atoms with Crippen molar-refractivity contribution >= 4 is 58.7 Å². The molecule has 3 amide bonds. The van der Waals surface area contributed by atoms with Crippen molar-refractivity contribution < 1.29 is 41.1 Å². The van der Waals surface area contributed by atoms with Crippen LogP contribution >= 0.6 is 34.8 Å². The van der Waals surface area contributed by atoms with E-state index in [9.17, 15) is 31.5 Å². The van der Waals surface area contributed by atoms with Crippen molar-refractivity contribution in [3.05, 3.63) is 81.3 Å². The summed E-state index contributed by atoms with van der Waals surface area (Å²) in [6.45, 7) is 1.89. The minimum atomic E-state index is -5.43. The first-order valence-corrected chi connectivity index (χ1v) is 17.8. The number of rotatable bonds is 10. The number of amides is 3. The number of ether oxygens (including phenoxy) is 1. The van der Waals surface area contributed by atoms with Crippen LogP contribution in [0, 0.1) is 5.41 Å². The summed E-state index contributed by atoms with van der Waals surface area (Å²) in [7, 11) is 0. The Balaban J connectivity index is 1.50. The van der Waals surface area contributed by atoms with Crippen molar-refractivity contribution in [3.8, 4) is 22.5 Å². The first kappa shape index (κ1) is 39.9. The Bertz CT molecular complexity index is 2130. The van der Waals surface area contributed by atoms with Gasteiger partial charge in [0.25, 0.3) is 5.91 Å². The van der Waals surface area contributed by atoms with Crippen LogP contribution in [0.25, 0.3) is 22.5 Å². The van der Waals surface area contributed by atoms with E-state index in [1.807, 2.05) is 0 Å². The maximum atomic E-state index is 15.2. The third-order valence-electron chi connectivity index (χ3n) is 8.73. The van der Waals surface area contributed by atoms with Gasteiger partial charge in [0, 0.05) is 23.4 Å². The van der Waals surface area contributed by atoms with E-state index >= 15 is 4.79 Å². The van der Waals surface area contributed by atoms with Gasteiger partial charge in [-0.2, -0.15) is 32.0 Å². The molecule has 4 aromatic rings. The summed E-state index contributed by atoms with van der Waals surface area (Å²) in [4.78, 5) is 51.7. The van der Waals surface area contributed by atoms with Crippen molar-refractivity contribution in [2.24, 2.45) is 10.4 Å². The molecule has 2 aromatic carbocycles. The number of hydrogen-bond acceptors (Lipinski definition) is 6. The second kappa shape index (κ2) is 15.1. The van der Waals surface area contributed by atoms with Crippen LogP contribution in [0.3, 0.4) is 0 Å². The smallest absolute Gasteiger partial charge is 0.447 e. The van der Waals surface area contributed by atoms with Gasteiger partial charge in [-0.3, -0.25) is 14.5 Å². The zero-order valence-corrected chi connectivity index (χ0v) is 31.4. The van der Waals surface area contributed by atoms with E-state index in [-0.39, 0.29) is 50.3 Å². The average Bonchev–Trinajstić information content (AvgIpc) is 3.53. The molecule has 2 atom stereocenters. The van der Waals surface area contributed by atoms with Crippen LogP contribution in [-0.2, 0) is 19.9 Å². The van der Waals surface area contributed by atoms with Crippen LogP contribution in [0.5, 0.6) is 0 Å². The summed E-state index contributed by atoms with van der Waals surface area (Å²) < 4.78 is 74.0. The number of alkyl halides is 5. The molecule has 12 nitrogen and oxygen atoms in total. The number of aromatic nitrogens is 4. The van der Waals surface area contributed by atoms with Crippen molar-refractivity contribution in [3.63, 3.8) is 0 Å². The lowest BCUT2D eigenvalue weighted by Gasteiger charge is -2.35. The van der Waals surface area contributed by atoms with Crippen LogP contribution < -0.4 is 10.6 Å². The number of guanidine groups is 1. The summed E-state index contributed by atoms with van der Waals surface area (Å²) in [6, 6.07) is 8.90. The predicted molar refractivity (Wildman–Crippen MR) is 192 cm³/mol. The van der Waals surface area contributed by atoms with Gasteiger partial charge in [-0.25, -0.2) is 14.5 Å². The van der Waals surface area contributed by atoms with Gasteiger partial charge in [-0.15, -0.1) is 0 Å². The fourth-order valence-electron chi connectivity index (χ4n) is 6.19. The second-order valence-electron chi connectivity index (χ2n) is 14.2. The fourth-order valence-corrected chi connectivity index (χ4v) is 6.66. The van der Waals surface area contributed by atoms with Gasteiger partial charge in [0.05, 0.1) is 17.3 Å². The topological polar surface area (TPSA) is 147 Å². The molecule has 292 valence electrons. The minimum Gasteiger partial charge on any atom is -0.447 e. The molecule has 1 aliphatic carbocycles. The normalized spacial score (nSPS) is 18.9. The highest BCUT2D eigenvalue weighted by Crippen LogP contribution is 2.44. The van der Waals surface area contributed by atoms with Gasteiger partial charge < -0.3 is 20.4 Å². The van der Waals surface area contributed by atoms with Gasteiger partial charge >= 0.3 is 24.7 Å². The summed E-state index contributed by atoms with van der Waals surface area (Å²) in [6.07, 6.45) is -2.51. The van der Waals surface area contributed by atoms with E-state index in [1.54, 1.807) is 20.8 Å². The molecule has 1 aliphatic heterocycles. The molecule has 0 bridgehead atoms. The maximum Gasteiger partial charge on any atom is 0.473 e. The molecule has 2 fully saturated rings. The number of halogens is 8. The Morgan fingerprint density at radius 2 is 1.76 bits per heavy atom. The van der Waals surface area contributed by atoms with Crippen LogP contribution in [0.2, 0.25) is 15.3 Å². The molecule has 6 rings (SSSR count). The van der Waals surface area contributed by atoms with Gasteiger partial charge in [-0.1, -0.05) is 85.9 Å². The highest BCUT2D eigenvalue weighted by Gasteiger charge is 2.56. The Hall–Kier alpha value is -4.74. The fraction of sp³-hybridized carbons (Fsp3) is 0.371. The summed E-state index contributed by atoms with van der Waals surface area (Å²) in [5.74, 6) is -4.00. The van der Waals surface area contributed by atoms with Gasteiger partial charge in [0.15, 0.2) is 5.15 Å². The van der Waals surface area contributed by atoms with E-state index in [0.29, 0.717) is 15.8 Å². The molecule has 0 radical (unpaired) electrons. The minimum absolute atomic E-state index is 0.00499. The molecule has 1 saturated heterocycles. The number of aromatic amines is 1. The molecule has 2 aromatic heterocycles. The van der Waals surface area contributed by atoms with Crippen LogP contribution in [-0.4, -0.2) is 67.3 Å². The summed E-state index contributed by atoms with van der Waals surface area (Å²) in [5, 5.41) is 9.23. The molecule has 3 heterocycles. The molecule has 0 spiro atoms. The Morgan fingerprint density at radius 1 is 1.07 bits per heavy atom. The SMILES string of the molecule is CC(C)(C)C[C@]1(c2ccc(-c3cnn(C(F)F)c3)cc2)N/C(=N\C(=O)C(F)(F)F)N([C@H](COC(=O)NC2CC2)c2ccc(Cl)c(-c3nc(Cl)c(Cl)[nH]3)c2)C1=O. The number of alkyl carbamates (subject to hydrolysis) is 1. The maximum absolute atomic E-state index is 15.2. The van der Waals surface area contributed by atoms with Crippen LogP contribution in [0.15, 0.2) is 59.9 Å². The Labute approximate surface area is 325 Å². The molecule has 20 heteroatoms. The van der Waals surface area contributed by atoms with E-state index in [0.717, 1.165) is 23.9 Å². The molecule has 1 saturated carbocycles. The number of hydrogen-bond donors (Lipinski definition) is 3. The van der Waals surface area contributed by atoms with E-state index in [2.05, 4.69) is 30.7 Å². The van der Waals surface area contributed by atoms with Gasteiger partial charge in [0.2, 0.25) is 5.96 Å². The number of aliphatic imine (C=N–C) groups is 1. The molecule has 3 N–H and O–H groups in total. The lowest BCUT2D eigenvalue weighted by molar-refractivity contribution is -0.169. The quantitative estimate of drug-likeness (QED) is 0.136. The monoisotopic (exact) mass is 828 g/mol. The lowest BCUT2D eigenvalue weighted by Crippen LogP contribution is -2.47. The summed E-state index contributed by atoms with van der Waals surface area (Å²) in [5.41, 5.74) is -1.13. The zero-order chi connectivity index (χ0) is 40.0. The molecule has 55 heavy (non-hydrogen) atoms. The largest absolute Gasteiger partial charge is 0.473 e. The Morgan fingerprint density at radius 3 is 2.33 bits per heavy atom. The number of nitrogens with zero attached hydrogens (tertiary/aromatic N) is 5. The van der Waals surface area contributed by atoms with E-state index in [1.165, 1.54) is 48.7 Å². The number of carbonyl (C=O) groups is 3. The highest BCUT2D eigenvalue weighted by atomic mass is 35.5. The number of H-pyrrole nitrogens is 1. The average molecular weight is 830 g/mol. The predicted octanol–water partition coefficient (Wildman–Crippen LogP) is 8.43. The lowest BCUT2D eigenvalue weighted by atomic mass is 9.75. The van der Waals surface area contributed by atoms with E-state index < -0.39 is 60.2 Å². The highest BCUT2D eigenvalue weighted by molar-refractivity contribution is 6.40. The van der Waals surface area contributed by atoms with Crippen LogP contribution in [0.1, 0.15) is 63.8 Å².